The lowest BCUT2D eigenvalue weighted by molar-refractivity contribution is -0.836. The molecule has 0 aliphatic heterocycles. The van der Waals surface area contributed by atoms with Crippen LogP contribution in [0.15, 0.2) is 0 Å². The maximum absolute atomic E-state index is 10.4. The van der Waals surface area contributed by atoms with E-state index in [0.29, 0.717) is 0 Å². The molecule has 2 N–H and O–H groups in total. The number of carbonyl (C=O) groups excluding carboxylic acids is 4. The van der Waals surface area contributed by atoms with Crippen molar-refractivity contribution in [3.8, 4) is 0 Å². The highest BCUT2D eigenvalue weighted by Gasteiger charge is 2.41. The molecule has 0 atom stereocenters. The molecule has 18 heteroatoms. The second kappa shape index (κ2) is 25.7. The Morgan fingerprint density at radius 1 is 0.543 bits per heavy atom. The fourth-order valence-electron chi connectivity index (χ4n) is 4.71. The number of hydrogen-bond acceptors (Lipinski definition) is 14. The standard InChI is InChI=1S/C10H16.2C5H8O7S.2C3H9N.C2H6/c1-7-2-9-4-8(1)5-10(3-7)6-9;2*1-4(6)11-3-12-5(7)2-13(8,9)10;2*1-4(2)3;1-2/h7-10H,1-6H2;2*2-3H2,1H3,(H,8,9,10);2*1-3H3;1-2H3. The van der Waals surface area contributed by atoms with Gasteiger partial charge in [0.1, 0.15) is 31.7 Å². The minimum Gasteiger partial charge on any atom is -0.748 e. The first-order valence-electron chi connectivity index (χ1n) is 15.0. The van der Waals surface area contributed by atoms with Crippen molar-refractivity contribution in [2.24, 2.45) is 23.7 Å². The SMILES string of the molecule is C1C2CC3CC1CC(C2)C3.CC.CC(=O)OCOC(=O)CS(=O)(=O)[O-].CC(=O)OCOC(=O)CS(=O)(=O)[O-].C[NH+](C)C.C[NH+](C)C. The van der Waals surface area contributed by atoms with Crippen molar-refractivity contribution in [1.29, 1.82) is 0 Å². The van der Waals surface area contributed by atoms with Gasteiger partial charge in [-0.3, -0.25) is 19.2 Å². The van der Waals surface area contributed by atoms with Crippen LogP contribution in [-0.2, 0) is 58.4 Å². The number of hydrogen-bond donors (Lipinski definition) is 2. The van der Waals surface area contributed by atoms with Gasteiger partial charge >= 0.3 is 23.9 Å². The molecular weight excluding hydrogens is 652 g/mol. The second-order valence-electron chi connectivity index (χ2n) is 11.8. The molecular formula is C28H56N2O14S2. The van der Waals surface area contributed by atoms with Crippen LogP contribution >= 0.6 is 0 Å². The van der Waals surface area contributed by atoms with E-state index in [0.717, 1.165) is 13.8 Å². The number of quaternary nitrogens is 2. The normalized spacial score (nSPS) is 20.2. The Morgan fingerprint density at radius 2 is 0.739 bits per heavy atom. The fourth-order valence-corrected chi connectivity index (χ4v) is 5.46. The highest BCUT2D eigenvalue weighted by molar-refractivity contribution is 7.86. The van der Waals surface area contributed by atoms with E-state index in [-0.39, 0.29) is 0 Å². The topological polar surface area (TPSA) is 228 Å². The monoisotopic (exact) mass is 708 g/mol. The third-order valence-electron chi connectivity index (χ3n) is 5.55. The lowest BCUT2D eigenvalue weighted by atomic mass is 9.56. The van der Waals surface area contributed by atoms with Crippen LogP contribution in [0.25, 0.3) is 0 Å². The molecule has 4 aliphatic rings. The maximum Gasteiger partial charge on any atom is 0.322 e. The summed E-state index contributed by atoms with van der Waals surface area (Å²) in [6.07, 6.45) is 9.62. The molecule has 0 heterocycles. The van der Waals surface area contributed by atoms with Gasteiger partial charge in [-0.25, -0.2) is 16.8 Å². The van der Waals surface area contributed by atoms with Crippen molar-refractivity contribution >= 4 is 44.1 Å². The first kappa shape index (κ1) is 48.0. The molecule has 0 aromatic heterocycles. The Labute approximate surface area is 274 Å². The molecule has 0 radical (unpaired) electrons. The van der Waals surface area contributed by atoms with E-state index < -0.39 is 69.2 Å². The van der Waals surface area contributed by atoms with Crippen LogP contribution in [0.5, 0.6) is 0 Å². The smallest absolute Gasteiger partial charge is 0.322 e. The number of esters is 4. The summed E-state index contributed by atoms with van der Waals surface area (Å²) in [5, 5.41) is 0. The molecule has 16 nitrogen and oxygen atoms in total. The van der Waals surface area contributed by atoms with Crippen LogP contribution < -0.4 is 9.80 Å². The molecule has 274 valence electrons. The van der Waals surface area contributed by atoms with Crippen molar-refractivity contribution in [2.45, 2.75) is 66.2 Å². The molecule has 4 fully saturated rings. The first-order valence-corrected chi connectivity index (χ1v) is 18.1. The minimum atomic E-state index is -4.64. The summed E-state index contributed by atoms with van der Waals surface area (Å²) in [7, 11) is 3.22. The van der Waals surface area contributed by atoms with Gasteiger partial charge in [0.2, 0.25) is 13.6 Å². The Kier molecular flexibility index (Phi) is 26.8. The number of rotatable bonds is 8. The predicted molar refractivity (Wildman–Crippen MR) is 165 cm³/mol. The van der Waals surface area contributed by atoms with Crippen molar-refractivity contribution in [3.63, 3.8) is 0 Å². The average molecular weight is 709 g/mol. The fraction of sp³-hybridized carbons (Fsp3) is 0.857. The summed E-state index contributed by atoms with van der Waals surface area (Å²) in [5.41, 5.74) is 0. The van der Waals surface area contributed by atoms with Gasteiger partial charge in [0, 0.05) is 13.8 Å². The van der Waals surface area contributed by atoms with Crippen molar-refractivity contribution in [3.05, 3.63) is 0 Å². The van der Waals surface area contributed by atoms with Gasteiger partial charge in [-0.15, -0.1) is 0 Å². The number of carbonyl (C=O) groups is 4. The molecule has 4 rings (SSSR count). The van der Waals surface area contributed by atoms with Gasteiger partial charge in [-0.2, -0.15) is 0 Å². The molecule has 46 heavy (non-hydrogen) atoms. The molecule has 0 aromatic carbocycles. The Hall–Kier alpha value is -2.38. The van der Waals surface area contributed by atoms with Crippen molar-refractivity contribution in [2.75, 3.05) is 67.4 Å². The summed E-state index contributed by atoms with van der Waals surface area (Å²) in [6, 6.07) is 0. The molecule has 0 amide bonds. The summed E-state index contributed by atoms with van der Waals surface area (Å²) in [4.78, 5) is 44.0. The van der Waals surface area contributed by atoms with E-state index in [4.69, 9.17) is 0 Å². The summed E-state index contributed by atoms with van der Waals surface area (Å²) < 4.78 is 76.3. The van der Waals surface area contributed by atoms with Crippen LogP contribution in [0.3, 0.4) is 0 Å². The third kappa shape index (κ3) is 36.1. The molecule has 0 saturated heterocycles. The Bertz CT molecular complexity index is 963. The van der Waals surface area contributed by atoms with Crippen LogP contribution in [0.1, 0.15) is 66.2 Å². The quantitative estimate of drug-likeness (QED) is 0.167. The minimum absolute atomic E-state index is 0.683. The van der Waals surface area contributed by atoms with E-state index >= 15 is 0 Å². The van der Waals surface area contributed by atoms with Crippen molar-refractivity contribution < 1.29 is 73.9 Å². The van der Waals surface area contributed by atoms with E-state index in [9.17, 15) is 45.1 Å². The zero-order valence-corrected chi connectivity index (χ0v) is 30.5. The Morgan fingerprint density at radius 3 is 0.891 bits per heavy atom. The third-order valence-corrected chi connectivity index (χ3v) is 6.73. The maximum atomic E-state index is 10.4. The zero-order chi connectivity index (χ0) is 36.7. The van der Waals surface area contributed by atoms with Gasteiger partial charge in [-0.05, 0) is 62.2 Å². The van der Waals surface area contributed by atoms with Gasteiger partial charge < -0.3 is 37.9 Å². The summed E-state index contributed by atoms with van der Waals surface area (Å²) in [5.74, 6) is -1.70. The van der Waals surface area contributed by atoms with E-state index in [2.05, 4.69) is 61.2 Å². The van der Waals surface area contributed by atoms with E-state index in [1.807, 2.05) is 13.8 Å². The molecule has 4 bridgehead atoms. The molecule has 4 saturated carbocycles. The van der Waals surface area contributed by atoms with Crippen LogP contribution in [0.4, 0.5) is 0 Å². The highest BCUT2D eigenvalue weighted by Crippen LogP contribution is 2.53. The highest BCUT2D eigenvalue weighted by atomic mass is 32.2. The van der Waals surface area contributed by atoms with E-state index in [1.54, 1.807) is 38.5 Å². The van der Waals surface area contributed by atoms with Crippen LogP contribution in [0, 0.1) is 23.7 Å². The molecule has 0 unspecified atom stereocenters. The number of ether oxygens (including phenoxy) is 4. The van der Waals surface area contributed by atoms with Crippen molar-refractivity contribution in [1.82, 2.24) is 0 Å². The lowest BCUT2D eigenvalue weighted by Gasteiger charge is -2.49. The van der Waals surface area contributed by atoms with Gasteiger partial charge in [-0.1, -0.05) is 13.8 Å². The van der Waals surface area contributed by atoms with Gasteiger partial charge in [0.25, 0.3) is 0 Å². The molecule has 4 aliphatic carbocycles. The van der Waals surface area contributed by atoms with E-state index in [1.165, 1.54) is 33.5 Å². The first-order chi connectivity index (χ1) is 21.0. The van der Waals surface area contributed by atoms with Gasteiger partial charge in [0.15, 0.2) is 0 Å². The lowest BCUT2D eigenvalue weighted by Crippen LogP contribution is -3.02. The summed E-state index contributed by atoms with van der Waals surface area (Å²) in [6.45, 7) is 4.78. The molecule has 0 aromatic rings. The van der Waals surface area contributed by atoms with Crippen LogP contribution in [-0.4, -0.2) is 117 Å². The van der Waals surface area contributed by atoms with Gasteiger partial charge in [0.05, 0.1) is 42.3 Å². The summed E-state index contributed by atoms with van der Waals surface area (Å²) >= 11 is 0. The largest absolute Gasteiger partial charge is 0.748 e. The average Bonchev–Trinajstić information content (AvgIpc) is 2.82. The molecule has 0 spiro atoms. The predicted octanol–water partition coefficient (Wildman–Crippen LogP) is -1.43. The Balaban J connectivity index is -0.000000527. The number of nitrogens with one attached hydrogen (secondary N) is 2. The van der Waals surface area contributed by atoms with Crippen LogP contribution in [0.2, 0.25) is 0 Å². The zero-order valence-electron chi connectivity index (χ0n) is 28.9. The second-order valence-corrected chi connectivity index (χ2v) is 14.6.